The van der Waals surface area contributed by atoms with Gasteiger partial charge in [-0.25, -0.2) is 9.78 Å². The fourth-order valence-electron chi connectivity index (χ4n) is 3.07. The number of alkyl halides is 3. The minimum absolute atomic E-state index is 0.0772. The van der Waals surface area contributed by atoms with Crippen LogP contribution in [0.2, 0.25) is 0 Å². The highest BCUT2D eigenvalue weighted by molar-refractivity contribution is 6.01. The molecule has 0 saturated carbocycles. The Hall–Kier alpha value is -4.35. The van der Waals surface area contributed by atoms with E-state index in [0.29, 0.717) is 28.0 Å². The van der Waals surface area contributed by atoms with Crippen molar-refractivity contribution in [2.45, 2.75) is 6.18 Å². The highest BCUT2D eigenvalue weighted by Crippen LogP contribution is 2.35. The molecule has 0 radical (unpaired) electrons. The number of amides is 2. The number of nitrogens with one attached hydrogen (secondary N) is 3. The lowest BCUT2D eigenvalue weighted by molar-refractivity contribution is -0.137. The molecule has 5 N–H and O–H groups in total. The van der Waals surface area contributed by atoms with Gasteiger partial charge in [0.05, 0.1) is 35.0 Å². The fourth-order valence-corrected chi connectivity index (χ4v) is 3.07. The number of anilines is 3. The van der Waals surface area contributed by atoms with E-state index in [-0.39, 0.29) is 17.3 Å². The molecule has 2 amide bonds. The molecule has 3 heterocycles. The zero-order valence-electron chi connectivity index (χ0n) is 16.5. The van der Waals surface area contributed by atoms with Crippen LogP contribution < -0.4 is 21.1 Å². The number of ether oxygens (including phenoxy) is 1. The Morgan fingerprint density at radius 3 is 2.62 bits per heavy atom. The Bertz CT molecular complexity index is 1290. The third-order valence-corrected chi connectivity index (χ3v) is 4.56. The number of carbonyl (C=O) groups excluding carboxylic acids is 1. The summed E-state index contributed by atoms with van der Waals surface area (Å²) in [5.41, 5.74) is 6.75. The maximum absolute atomic E-state index is 13.0. The summed E-state index contributed by atoms with van der Waals surface area (Å²) in [6.07, 6.45) is -1.49. The molecule has 9 nitrogen and oxygen atoms in total. The number of urea groups is 1. The molecular formula is C20H16F3N7O2. The second kappa shape index (κ2) is 8.06. The first-order valence-corrected chi connectivity index (χ1v) is 9.14. The number of benzene rings is 1. The molecule has 0 spiro atoms. The first kappa shape index (κ1) is 20.9. The number of fused-ring (bicyclic) bond motifs is 1. The number of methoxy groups -OCH3 is 1. The van der Waals surface area contributed by atoms with Gasteiger partial charge in [0, 0.05) is 18.0 Å². The monoisotopic (exact) mass is 443 g/mol. The average molecular weight is 443 g/mol. The van der Waals surface area contributed by atoms with Crippen LogP contribution in [0.25, 0.3) is 22.2 Å². The molecule has 1 aromatic carbocycles. The van der Waals surface area contributed by atoms with E-state index in [9.17, 15) is 18.0 Å². The molecule has 0 unspecified atom stereocenters. The van der Waals surface area contributed by atoms with E-state index in [1.165, 1.54) is 19.4 Å². The van der Waals surface area contributed by atoms with Crippen molar-refractivity contribution in [3.63, 3.8) is 0 Å². The van der Waals surface area contributed by atoms with Crippen LogP contribution in [-0.4, -0.2) is 33.3 Å². The molecule has 0 atom stereocenters. The van der Waals surface area contributed by atoms with Crippen LogP contribution in [0.1, 0.15) is 5.56 Å². The quantitative estimate of drug-likeness (QED) is 0.373. The number of pyridine rings is 2. The molecule has 0 saturated heterocycles. The number of H-pyrrole nitrogens is 1. The molecule has 0 aliphatic heterocycles. The number of aromatic amines is 1. The highest BCUT2D eigenvalue weighted by atomic mass is 19.4. The van der Waals surface area contributed by atoms with E-state index < -0.39 is 17.8 Å². The molecule has 12 heteroatoms. The summed E-state index contributed by atoms with van der Waals surface area (Å²) in [5.74, 6) is 0.539. The zero-order chi connectivity index (χ0) is 22.9. The molecule has 0 aliphatic rings. The van der Waals surface area contributed by atoms with Crippen LogP contribution in [0, 0.1) is 0 Å². The van der Waals surface area contributed by atoms with Crippen molar-refractivity contribution in [3.05, 3.63) is 54.4 Å². The lowest BCUT2D eigenvalue weighted by atomic mass is 10.1. The second-order valence-corrected chi connectivity index (χ2v) is 6.62. The lowest BCUT2D eigenvalue weighted by Gasteiger charge is -2.14. The minimum Gasteiger partial charge on any atom is -0.495 e. The first-order valence-electron chi connectivity index (χ1n) is 9.14. The van der Waals surface area contributed by atoms with Crippen LogP contribution >= 0.6 is 0 Å². The number of carbonyl (C=O) groups is 1. The minimum atomic E-state index is -4.56. The Morgan fingerprint density at radius 2 is 1.94 bits per heavy atom. The van der Waals surface area contributed by atoms with Crippen molar-refractivity contribution in [2.24, 2.45) is 0 Å². The maximum atomic E-state index is 13.0. The van der Waals surface area contributed by atoms with Gasteiger partial charge in [-0.2, -0.15) is 18.3 Å². The third-order valence-electron chi connectivity index (χ3n) is 4.56. The van der Waals surface area contributed by atoms with Crippen LogP contribution in [-0.2, 0) is 6.18 Å². The Morgan fingerprint density at radius 1 is 1.12 bits per heavy atom. The van der Waals surface area contributed by atoms with Crippen molar-refractivity contribution in [1.29, 1.82) is 0 Å². The summed E-state index contributed by atoms with van der Waals surface area (Å²) in [7, 11) is 1.29. The summed E-state index contributed by atoms with van der Waals surface area (Å²) in [5, 5.41) is 12.2. The SMILES string of the molecule is COc1ccc(C(F)(F)F)cc1NC(=O)Nc1ccc(-c2nccc3[nH]nc(N)c23)cn1. The van der Waals surface area contributed by atoms with Gasteiger partial charge in [0.15, 0.2) is 5.82 Å². The number of rotatable bonds is 4. The van der Waals surface area contributed by atoms with E-state index >= 15 is 0 Å². The van der Waals surface area contributed by atoms with Crippen LogP contribution in [0.3, 0.4) is 0 Å². The number of nitrogen functional groups attached to an aromatic ring is 1. The van der Waals surface area contributed by atoms with E-state index in [1.807, 2.05) is 0 Å². The summed E-state index contributed by atoms with van der Waals surface area (Å²) in [6, 6.07) is 6.91. The third kappa shape index (κ3) is 4.10. The van der Waals surface area contributed by atoms with Gasteiger partial charge in [0.2, 0.25) is 0 Å². The van der Waals surface area contributed by atoms with Gasteiger partial charge in [-0.05, 0) is 36.4 Å². The Kier molecular flexibility index (Phi) is 5.26. The molecule has 0 fully saturated rings. The fraction of sp³-hybridized carbons (Fsp3) is 0.100. The van der Waals surface area contributed by atoms with Gasteiger partial charge in [-0.1, -0.05) is 0 Å². The smallest absolute Gasteiger partial charge is 0.416 e. The average Bonchev–Trinajstić information content (AvgIpc) is 3.15. The summed E-state index contributed by atoms with van der Waals surface area (Å²) >= 11 is 0. The molecule has 0 aliphatic carbocycles. The second-order valence-electron chi connectivity index (χ2n) is 6.62. The van der Waals surface area contributed by atoms with Crippen molar-refractivity contribution in [3.8, 4) is 17.0 Å². The number of aromatic nitrogens is 4. The van der Waals surface area contributed by atoms with Crippen LogP contribution in [0.4, 0.5) is 35.3 Å². The predicted octanol–water partition coefficient (Wildman–Crippen LogP) is 4.27. The molecular weight excluding hydrogens is 427 g/mol. The van der Waals surface area contributed by atoms with Crippen molar-refractivity contribution in [2.75, 3.05) is 23.5 Å². The highest BCUT2D eigenvalue weighted by Gasteiger charge is 2.31. The standard InChI is InChI=1S/C20H16F3N7O2/c1-32-14-4-3-11(20(21,22)23)8-13(14)27-19(31)28-15-5-2-10(9-26-15)17-16-12(6-7-25-17)29-30-18(16)24/h2-9H,1H3,(H3,24,29,30)(H2,26,27,28,31). The number of nitrogens with zero attached hydrogens (tertiary/aromatic N) is 3. The normalized spacial score (nSPS) is 11.4. The molecule has 4 aromatic rings. The molecule has 4 rings (SSSR count). The van der Waals surface area contributed by atoms with E-state index in [1.54, 1.807) is 18.3 Å². The van der Waals surface area contributed by atoms with Crippen molar-refractivity contribution >= 4 is 34.3 Å². The van der Waals surface area contributed by atoms with Gasteiger partial charge in [-0.3, -0.25) is 15.4 Å². The van der Waals surface area contributed by atoms with Gasteiger partial charge < -0.3 is 15.8 Å². The van der Waals surface area contributed by atoms with Crippen molar-refractivity contribution < 1.29 is 22.7 Å². The van der Waals surface area contributed by atoms with Gasteiger partial charge in [-0.15, -0.1) is 0 Å². The van der Waals surface area contributed by atoms with Crippen LogP contribution in [0.5, 0.6) is 5.75 Å². The molecule has 0 bridgehead atoms. The first-order chi connectivity index (χ1) is 15.3. The summed E-state index contributed by atoms with van der Waals surface area (Å²) < 4.78 is 43.9. The molecule has 164 valence electrons. The van der Waals surface area contributed by atoms with E-state index in [2.05, 4.69) is 30.8 Å². The van der Waals surface area contributed by atoms with E-state index in [4.69, 9.17) is 10.5 Å². The number of hydrogen-bond donors (Lipinski definition) is 4. The summed E-state index contributed by atoms with van der Waals surface area (Å²) in [6.45, 7) is 0. The van der Waals surface area contributed by atoms with Gasteiger partial charge >= 0.3 is 12.2 Å². The summed E-state index contributed by atoms with van der Waals surface area (Å²) in [4.78, 5) is 20.8. The molecule has 32 heavy (non-hydrogen) atoms. The topological polar surface area (TPSA) is 131 Å². The van der Waals surface area contributed by atoms with Crippen molar-refractivity contribution in [1.82, 2.24) is 20.2 Å². The van der Waals surface area contributed by atoms with E-state index in [0.717, 1.165) is 18.2 Å². The lowest BCUT2D eigenvalue weighted by Crippen LogP contribution is -2.21. The Labute approximate surface area is 178 Å². The number of halogens is 3. The number of hydrogen-bond acceptors (Lipinski definition) is 6. The van der Waals surface area contributed by atoms with Gasteiger partial charge in [0.1, 0.15) is 11.6 Å². The largest absolute Gasteiger partial charge is 0.495 e. The predicted molar refractivity (Wildman–Crippen MR) is 112 cm³/mol. The zero-order valence-corrected chi connectivity index (χ0v) is 16.5. The van der Waals surface area contributed by atoms with Crippen LogP contribution in [0.15, 0.2) is 48.8 Å². The maximum Gasteiger partial charge on any atom is 0.416 e. The Balaban J connectivity index is 1.52. The number of nitrogens with two attached hydrogens (primary N) is 1. The van der Waals surface area contributed by atoms with Gasteiger partial charge in [0.25, 0.3) is 0 Å². The molecule has 3 aromatic heterocycles.